The minimum atomic E-state index is -0.945. The molecular formula is C18H22FN2O3S-. The van der Waals surface area contributed by atoms with Crippen LogP contribution >= 0.6 is 0 Å². The van der Waals surface area contributed by atoms with Crippen LogP contribution in [-0.2, 0) is 20.5 Å². The molecule has 0 radical (unpaired) electrons. The zero-order valence-corrected chi connectivity index (χ0v) is 15.5. The Morgan fingerprint density at radius 1 is 1.32 bits per heavy atom. The lowest BCUT2D eigenvalue weighted by molar-refractivity contribution is -0.117. The monoisotopic (exact) mass is 365 g/mol. The Bertz CT molecular complexity index is 832. The van der Waals surface area contributed by atoms with Crippen LogP contribution in [0.3, 0.4) is 0 Å². The van der Waals surface area contributed by atoms with Gasteiger partial charge in [0.2, 0.25) is 5.91 Å². The average molecular weight is 365 g/mol. The molecule has 136 valence electrons. The second-order valence-corrected chi connectivity index (χ2v) is 9.04. The third-order valence-electron chi connectivity index (χ3n) is 3.98. The molecule has 1 heterocycles. The largest absolute Gasteiger partial charge is 0.416 e. The number of carbonyl (C=O) groups is 1. The standard InChI is InChI=1S/C18H22FN2O3S/c1-17(2,11-22)14-10-15(21-24-14)20-16(23)18(3,4)25(5)13-8-6-12(19)7-9-13/h5-10,22H,11H2,1-4H3,(H,20,21,23)/q-1. The summed E-state index contributed by atoms with van der Waals surface area (Å²) < 4.78 is 17.3. The fourth-order valence-corrected chi connectivity index (χ4v) is 3.24. The second kappa shape index (κ2) is 7.04. The van der Waals surface area contributed by atoms with Gasteiger partial charge in [-0.05, 0) is 16.9 Å². The van der Waals surface area contributed by atoms with E-state index >= 15 is 0 Å². The zero-order valence-electron chi connectivity index (χ0n) is 14.7. The quantitative estimate of drug-likeness (QED) is 0.817. The molecular weight excluding hydrogens is 343 g/mol. The number of halogens is 1. The van der Waals surface area contributed by atoms with Crippen molar-refractivity contribution in [3.05, 3.63) is 41.9 Å². The van der Waals surface area contributed by atoms with E-state index in [9.17, 15) is 14.3 Å². The summed E-state index contributed by atoms with van der Waals surface area (Å²) >= 11 is 0. The first-order valence-corrected chi connectivity index (χ1v) is 9.00. The zero-order chi connectivity index (χ0) is 18.8. The van der Waals surface area contributed by atoms with Crippen LogP contribution in [0.2, 0.25) is 0 Å². The van der Waals surface area contributed by atoms with Gasteiger partial charge in [0.1, 0.15) is 11.6 Å². The second-order valence-electron chi connectivity index (χ2n) is 6.87. The van der Waals surface area contributed by atoms with Gasteiger partial charge >= 0.3 is 0 Å². The number of amides is 1. The van der Waals surface area contributed by atoms with Crippen molar-refractivity contribution in [2.45, 2.75) is 42.8 Å². The van der Waals surface area contributed by atoms with E-state index < -0.39 is 20.5 Å². The summed E-state index contributed by atoms with van der Waals surface area (Å²) in [6.07, 6.45) is 0. The molecule has 2 aromatic rings. The highest BCUT2D eigenvalue weighted by Crippen LogP contribution is 2.26. The molecule has 0 spiro atoms. The molecule has 0 aliphatic carbocycles. The molecule has 0 fully saturated rings. The van der Waals surface area contributed by atoms with E-state index in [-0.39, 0.29) is 24.1 Å². The van der Waals surface area contributed by atoms with Gasteiger partial charge in [-0.1, -0.05) is 45.0 Å². The van der Waals surface area contributed by atoms with E-state index in [1.807, 2.05) is 0 Å². The summed E-state index contributed by atoms with van der Waals surface area (Å²) in [5, 5.41) is 15.9. The van der Waals surface area contributed by atoms with Gasteiger partial charge in [-0.2, -0.15) is 0 Å². The number of anilines is 1. The van der Waals surface area contributed by atoms with Crippen molar-refractivity contribution in [1.82, 2.24) is 5.16 Å². The number of hydrogen-bond acceptors (Lipinski definition) is 5. The predicted octanol–water partition coefficient (Wildman–Crippen LogP) is 3.07. The minimum absolute atomic E-state index is 0.113. The van der Waals surface area contributed by atoms with Gasteiger partial charge in [-0.25, -0.2) is 4.39 Å². The average Bonchev–Trinajstić information content (AvgIpc) is 3.04. The van der Waals surface area contributed by atoms with Crippen molar-refractivity contribution in [1.29, 1.82) is 0 Å². The van der Waals surface area contributed by atoms with Crippen LogP contribution in [0.15, 0.2) is 39.8 Å². The molecule has 5 nitrogen and oxygen atoms in total. The van der Waals surface area contributed by atoms with Crippen LogP contribution in [0.5, 0.6) is 0 Å². The molecule has 0 unspecified atom stereocenters. The van der Waals surface area contributed by atoms with Crippen molar-refractivity contribution in [3.8, 4) is 5.69 Å². The van der Waals surface area contributed by atoms with E-state index in [1.54, 1.807) is 45.9 Å². The minimum Gasteiger partial charge on any atom is -0.416 e. The number of benzene rings is 1. The van der Waals surface area contributed by atoms with Gasteiger partial charge in [-0.3, -0.25) is 4.79 Å². The van der Waals surface area contributed by atoms with Gasteiger partial charge < -0.3 is 30.9 Å². The summed E-state index contributed by atoms with van der Waals surface area (Å²) in [4.78, 5) is 13.3. The highest BCUT2D eigenvalue weighted by atomic mass is 32.2. The summed E-state index contributed by atoms with van der Waals surface area (Å²) in [6.45, 7) is 6.92. The highest BCUT2D eigenvalue weighted by Gasteiger charge is 2.27. The molecule has 25 heavy (non-hydrogen) atoms. The molecule has 0 atom stereocenters. The van der Waals surface area contributed by atoms with Crippen molar-refractivity contribution < 1.29 is 18.8 Å². The van der Waals surface area contributed by atoms with Crippen molar-refractivity contribution in [2.24, 2.45) is 0 Å². The Hall–Kier alpha value is -2.08. The Labute approximate surface area is 148 Å². The van der Waals surface area contributed by atoms with E-state index in [1.165, 1.54) is 12.1 Å². The molecule has 1 aromatic carbocycles. The van der Waals surface area contributed by atoms with Crippen LogP contribution < -0.4 is 5.32 Å². The lowest BCUT2D eigenvalue weighted by Gasteiger charge is -2.37. The number of rotatable bonds is 4. The maximum absolute atomic E-state index is 13.1. The maximum Gasteiger partial charge on any atom is 0.211 e. The first kappa shape index (κ1) is 19.2. The number of carbonyl (C=O) groups excluding carboxylic acids is 1. The van der Waals surface area contributed by atoms with Gasteiger partial charge in [0.15, 0.2) is 5.82 Å². The number of aliphatic hydroxyl groups is 1. The molecule has 0 bridgehead atoms. The van der Waals surface area contributed by atoms with Crippen LogP contribution in [0.25, 0.3) is 0 Å². The number of nitrogens with one attached hydrogen (secondary N) is 1. The van der Waals surface area contributed by atoms with Crippen LogP contribution in [0, 0.1) is 11.5 Å². The van der Waals surface area contributed by atoms with Crippen molar-refractivity contribution in [2.75, 3.05) is 11.9 Å². The van der Waals surface area contributed by atoms with Crippen LogP contribution in [-0.4, -0.2) is 27.5 Å². The number of aliphatic hydroxyl groups excluding tert-OH is 1. The van der Waals surface area contributed by atoms with Crippen LogP contribution in [0.1, 0.15) is 33.5 Å². The number of hydrogen-bond donors (Lipinski definition) is 2. The first-order valence-electron chi connectivity index (χ1n) is 7.72. The summed E-state index contributed by atoms with van der Waals surface area (Å²) in [6, 6.07) is 7.36. The predicted molar refractivity (Wildman–Crippen MR) is 96.3 cm³/mol. The number of aromatic nitrogens is 1. The normalized spacial score (nSPS) is 12.4. The van der Waals surface area contributed by atoms with Gasteiger partial charge in [0.05, 0.1) is 6.61 Å². The maximum atomic E-state index is 13.1. The van der Waals surface area contributed by atoms with Gasteiger partial charge in [0.25, 0.3) is 0 Å². The smallest absolute Gasteiger partial charge is 0.211 e. The van der Waals surface area contributed by atoms with E-state index in [0.29, 0.717) is 10.7 Å². The van der Waals surface area contributed by atoms with Crippen molar-refractivity contribution in [3.63, 3.8) is 0 Å². The van der Waals surface area contributed by atoms with Gasteiger partial charge in [0, 0.05) is 11.5 Å². The third-order valence-corrected chi connectivity index (χ3v) is 6.04. The molecule has 0 saturated heterocycles. The lowest BCUT2D eigenvalue weighted by atomic mass is 9.92. The highest BCUT2D eigenvalue weighted by molar-refractivity contribution is 7.88. The Balaban J connectivity index is 2.16. The Kier molecular flexibility index (Phi) is 5.42. The molecule has 0 aliphatic heterocycles. The number of nitrogens with zero attached hydrogens (tertiary/aromatic N) is 1. The summed E-state index contributed by atoms with van der Waals surface area (Å²) in [7, 11) is -0.945. The SMILES string of the molecule is C#[S-](c1ccc(F)cc1)C(C)(C)C(=O)Nc1cc(C(C)(C)CO)on1. The van der Waals surface area contributed by atoms with E-state index in [0.717, 1.165) is 0 Å². The summed E-state index contributed by atoms with van der Waals surface area (Å²) in [5.74, 6) is 0.0352. The van der Waals surface area contributed by atoms with E-state index in [4.69, 9.17) is 10.2 Å². The molecule has 1 aromatic heterocycles. The Morgan fingerprint density at radius 2 is 1.92 bits per heavy atom. The lowest BCUT2D eigenvalue weighted by Crippen LogP contribution is -2.40. The molecule has 0 aliphatic rings. The van der Waals surface area contributed by atoms with E-state index in [2.05, 4.69) is 10.5 Å². The fourth-order valence-electron chi connectivity index (χ4n) is 1.97. The molecule has 0 saturated carbocycles. The third kappa shape index (κ3) is 4.12. The Morgan fingerprint density at radius 3 is 2.48 bits per heavy atom. The first-order chi connectivity index (χ1) is 11.6. The topological polar surface area (TPSA) is 75.4 Å². The molecule has 7 heteroatoms. The summed E-state index contributed by atoms with van der Waals surface area (Å²) in [5.41, 5.74) is 5.64. The van der Waals surface area contributed by atoms with Crippen LogP contribution in [0.4, 0.5) is 10.2 Å². The molecule has 1 amide bonds. The van der Waals surface area contributed by atoms with Crippen molar-refractivity contribution >= 4 is 22.0 Å². The molecule has 2 N–H and O–H groups in total. The van der Waals surface area contributed by atoms with Gasteiger partial charge in [-0.15, -0.1) is 4.90 Å². The molecule has 2 rings (SSSR count). The fraction of sp³-hybridized carbons (Fsp3) is 0.389.